The van der Waals surface area contributed by atoms with Crippen molar-refractivity contribution in [2.45, 2.75) is 48.8 Å². The summed E-state index contributed by atoms with van der Waals surface area (Å²) in [5, 5.41) is 1.39. The molecule has 0 N–H and O–H groups in total. The summed E-state index contributed by atoms with van der Waals surface area (Å²) in [6.07, 6.45) is 8.80. The fraction of sp³-hybridized carbons (Fsp3) is 0.345. The van der Waals surface area contributed by atoms with Gasteiger partial charge in [0.1, 0.15) is 22.9 Å². The average molecular weight is 575 g/mol. The molecule has 0 saturated carbocycles. The van der Waals surface area contributed by atoms with E-state index in [4.69, 9.17) is 20.8 Å². The zero-order chi connectivity index (χ0) is 27.3. The first-order valence-corrected chi connectivity index (χ1v) is 14.5. The minimum atomic E-state index is -0.258. The van der Waals surface area contributed by atoms with Crippen molar-refractivity contribution in [3.63, 3.8) is 0 Å². The Hall–Kier alpha value is -3.47. The quantitative estimate of drug-likeness (QED) is 0.266. The Morgan fingerprint density at radius 1 is 1.07 bits per heavy atom. The van der Waals surface area contributed by atoms with Gasteiger partial charge in [0.15, 0.2) is 5.58 Å². The molecular weight excluding hydrogens is 548 g/mol. The minimum Gasteiger partial charge on any atom is -0.439 e. The Morgan fingerprint density at radius 2 is 1.93 bits per heavy atom. The van der Waals surface area contributed by atoms with E-state index >= 15 is 0 Å². The lowest BCUT2D eigenvalue weighted by Gasteiger charge is -2.38. The van der Waals surface area contributed by atoms with Gasteiger partial charge in [-0.3, -0.25) is 9.36 Å². The first-order chi connectivity index (χ1) is 19.5. The van der Waals surface area contributed by atoms with E-state index in [0.717, 1.165) is 50.3 Å². The Labute approximate surface area is 239 Å². The van der Waals surface area contributed by atoms with Gasteiger partial charge in [-0.1, -0.05) is 35.5 Å². The maximum absolute atomic E-state index is 13.4. The van der Waals surface area contributed by atoms with Gasteiger partial charge in [-0.05, 0) is 55.9 Å². The van der Waals surface area contributed by atoms with E-state index in [1.54, 1.807) is 12.3 Å². The summed E-state index contributed by atoms with van der Waals surface area (Å²) in [4.78, 5) is 34.7. The predicted molar refractivity (Wildman–Crippen MR) is 154 cm³/mol. The lowest BCUT2D eigenvalue weighted by molar-refractivity contribution is 0.0976. The molecule has 204 valence electrons. The van der Waals surface area contributed by atoms with Gasteiger partial charge in [-0.15, -0.1) is 0 Å². The monoisotopic (exact) mass is 574 g/mol. The van der Waals surface area contributed by atoms with Crippen LogP contribution >= 0.6 is 23.4 Å². The van der Waals surface area contributed by atoms with E-state index in [2.05, 4.69) is 31.8 Å². The number of piperidine rings is 1. The molecule has 0 unspecified atom stereocenters. The number of rotatable bonds is 5. The van der Waals surface area contributed by atoms with E-state index in [9.17, 15) is 4.79 Å². The number of hydrogen-bond donors (Lipinski definition) is 0. The molecule has 2 aromatic carbocycles. The van der Waals surface area contributed by atoms with Gasteiger partial charge in [0.25, 0.3) is 5.56 Å². The molecule has 3 aromatic heterocycles. The Balaban J connectivity index is 1.09. The Morgan fingerprint density at radius 3 is 2.67 bits per heavy atom. The normalized spacial score (nSPS) is 18.8. The third-order valence-electron chi connectivity index (χ3n) is 7.91. The molecule has 0 radical (unpaired) electrons. The Bertz CT molecular complexity index is 1730. The number of aromatic nitrogens is 5. The molecule has 2 fully saturated rings. The number of benzene rings is 2. The average Bonchev–Trinajstić information content (AvgIpc) is 3.55. The fourth-order valence-corrected chi connectivity index (χ4v) is 6.87. The number of oxazole rings is 1. The van der Waals surface area contributed by atoms with Gasteiger partial charge in [-0.2, -0.15) is 0 Å². The van der Waals surface area contributed by atoms with Crippen LogP contribution in [-0.2, 0) is 11.3 Å². The lowest BCUT2D eigenvalue weighted by Crippen LogP contribution is -2.41. The van der Waals surface area contributed by atoms with Crippen molar-refractivity contribution in [3.05, 3.63) is 76.4 Å². The van der Waals surface area contributed by atoms with Crippen LogP contribution in [0.5, 0.6) is 0 Å². The van der Waals surface area contributed by atoms with E-state index < -0.39 is 0 Å². The highest BCUT2D eigenvalue weighted by molar-refractivity contribution is 7.99. The topological polar surface area (TPSA) is 99.2 Å². The third kappa shape index (κ3) is 4.74. The third-order valence-corrected chi connectivity index (χ3v) is 9.40. The number of fused-ring (bicyclic) bond motifs is 2. The summed E-state index contributed by atoms with van der Waals surface area (Å²) in [6, 6.07) is 11.1. The maximum Gasteiger partial charge on any atom is 0.263 e. The van der Waals surface area contributed by atoms with Crippen molar-refractivity contribution in [2.75, 3.05) is 24.6 Å². The molecule has 1 atom stereocenters. The largest absolute Gasteiger partial charge is 0.439 e. The molecular formula is C29H27ClN6O3S. The van der Waals surface area contributed by atoms with Crippen LogP contribution in [0, 0.1) is 5.41 Å². The highest BCUT2D eigenvalue weighted by Crippen LogP contribution is 2.42. The van der Waals surface area contributed by atoms with Crippen molar-refractivity contribution in [1.29, 1.82) is 0 Å². The highest BCUT2D eigenvalue weighted by atomic mass is 35.5. The standard InChI is InChI=1S/C29H27ClN6O3S/c1-18-12-29(16-38-18)8-10-35(11-9-29)23-13-32-25(14-31-23)40-22-7-6-20-26(27(22)30)28(37)36(17-33-20)15-24-34-19-4-2-3-5-21(19)39-24/h2-7,13-14,17-18H,8-12,15-16H2,1H3/t18-/m0/s1. The van der Waals surface area contributed by atoms with Crippen molar-refractivity contribution in [3.8, 4) is 0 Å². The summed E-state index contributed by atoms with van der Waals surface area (Å²) >= 11 is 8.15. The zero-order valence-electron chi connectivity index (χ0n) is 21.9. The first-order valence-electron chi connectivity index (χ1n) is 13.3. The van der Waals surface area contributed by atoms with E-state index in [1.165, 1.54) is 22.7 Å². The highest BCUT2D eigenvalue weighted by Gasteiger charge is 2.41. The van der Waals surface area contributed by atoms with Gasteiger partial charge in [0.2, 0.25) is 5.89 Å². The zero-order valence-corrected chi connectivity index (χ0v) is 23.5. The fourth-order valence-electron chi connectivity index (χ4n) is 5.75. The summed E-state index contributed by atoms with van der Waals surface area (Å²) in [7, 11) is 0. The molecule has 40 heavy (non-hydrogen) atoms. The van der Waals surface area contributed by atoms with Gasteiger partial charge in [-0.25, -0.2) is 19.9 Å². The molecule has 2 aliphatic heterocycles. The van der Waals surface area contributed by atoms with Gasteiger partial charge in [0.05, 0.1) is 47.4 Å². The molecule has 2 aliphatic rings. The summed E-state index contributed by atoms with van der Waals surface area (Å²) in [6.45, 7) is 5.10. The second-order valence-electron chi connectivity index (χ2n) is 10.7. The molecule has 7 rings (SSSR count). The second kappa shape index (κ2) is 10.2. The number of anilines is 1. The maximum atomic E-state index is 13.4. The molecule has 5 aromatic rings. The molecule has 0 amide bonds. The van der Waals surface area contributed by atoms with Crippen LogP contribution in [0.1, 0.15) is 32.1 Å². The van der Waals surface area contributed by atoms with Crippen molar-refractivity contribution >= 4 is 51.2 Å². The van der Waals surface area contributed by atoms with Gasteiger partial charge >= 0.3 is 0 Å². The first kappa shape index (κ1) is 25.5. The van der Waals surface area contributed by atoms with Crippen LogP contribution in [0.2, 0.25) is 5.02 Å². The summed E-state index contributed by atoms with van der Waals surface area (Å²) in [5.41, 5.74) is 2.00. The van der Waals surface area contributed by atoms with Crippen molar-refractivity contribution in [1.82, 2.24) is 24.5 Å². The van der Waals surface area contributed by atoms with Gasteiger partial charge in [0, 0.05) is 18.0 Å². The molecule has 1 spiro atoms. The number of ether oxygens (including phenoxy) is 1. The van der Waals surface area contributed by atoms with Crippen LogP contribution in [0.15, 0.2) is 74.3 Å². The Kier molecular flexibility index (Phi) is 6.48. The SMILES string of the molecule is C[C@H]1CC2(CCN(c3cnc(Sc4ccc5ncn(Cc6nc7ccccc7o6)c(=O)c5c4Cl)cn3)CC2)CO1. The van der Waals surface area contributed by atoms with E-state index in [-0.39, 0.29) is 12.1 Å². The van der Waals surface area contributed by atoms with Crippen molar-refractivity contribution in [2.24, 2.45) is 5.41 Å². The van der Waals surface area contributed by atoms with Crippen LogP contribution in [0.25, 0.3) is 22.0 Å². The molecule has 11 heteroatoms. The van der Waals surface area contributed by atoms with Crippen LogP contribution in [-0.4, -0.2) is 50.3 Å². The second-order valence-corrected chi connectivity index (χ2v) is 12.1. The van der Waals surface area contributed by atoms with E-state index in [1.807, 2.05) is 36.5 Å². The minimum absolute atomic E-state index is 0.154. The summed E-state index contributed by atoms with van der Waals surface area (Å²) in [5.74, 6) is 1.30. The van der Waals surface area contributed by atoms with E-state index in [0.29, 0.717) is 48.8 Å². The molecule has 0 aliphatic carbocycles. The van der Waals surface area contributed by atoms with Crippen molar-refractivity contribution < 1.29 is 9.15 Å². The number of halogens is 1. The number of para-hydroxylation sites is 2. The van der Waals surface area contributed by atoms with Crippen LogP contribution in [0.4, 0.5) is 5.82 Å². The number of hydrogen-bond acceptors (Lipinski definition) is 9. The van der Waals surface area contributed by atoms with Crippen LogP contribution in [0.3, 0.4) is 0 Å². The molecule has 2 saturated heterocycles. The predicted octanol–water partition coefficient (Wildman–Crippen LogP) is 5.58. The van der Waals surface area contributed by atoms with Gasteiger partial charge < -0.3 is 14.1 Å². The number of nitrogens with zero attached hydrogens (tertiary/aromatic N) is 6. The molecule has 5 heterocycles. The molecule has 0 bridgehead atoms. The summed E-state index contributed by atoms with van der Waals surface area (Å²) < 4.78 is 13.1. The lowest BCUT2D eigenvalue weighted by atomic mass is 9.77. The van der Waals surface area contributed by atoms with Crippen LogP contribution < -0.4 is 10.5 Å². The smallest absolute Gasteiger partial charge is 0.263 e. The molecule has 9 nitrogen and oxygen atoms in total.